The lowest BCUT2D eigenvalue weighted by atomic mass is 10.0. The second-order valence-electron chi connectivity index (χ2n) is 4.28. The van der Waals surface area contributed by atoms with E-state index in [1.54, 1.807) is 24.3 Å². The third-order valence-corrected chi connectivity index (χ3v) is 3.39. The van der Waals surface area contributed by atoms with Gasteiger partial charge in [-0.05, 0) is 11.6 Å². The van der Waals surface area contributed by atoms with Crippen LogP contribution in [0, 0.1) is 0 Å². The molecule has 2 aromatic rings. The number of ketones is 1. The van der Waals surface area contributed by atoms with Gasteiger partial charge in [0, 0.05) is 22.4 Å². The number of alkyl halides is 1. The SMILES string of the molecule is O=C(CCl)Nc1cccc2c1-c1ccccc1C2=O. The average molecular weight is 272 g/mol. The molecule has 0 bridgehead atoms. The fourth-order valence-corrected chi connectivity index (χ4v) is 2.43. The molecule has 4 heteroatoms. The molecular weight excluding hydrogens is 262 g/mol. The summed E-state index contributed by atoms with van der Waals surface area (Å²) in [6.45, 7) is 0. The normalized spacial score (nSPS) is 11.9. The summed E-state index contributed by atoms with van der Waals surface area (Å²) >= 11 is 5.50. The molecule has 3 rings (SSSR count). The van der Waals surface area contributed by atoms with Gasteiger partial charge in [-0.15, -0.1) is 11.6 Å². The summed E-state index contributed by atoms with van der Waals surface area (Å²) in [7, 11) is 0. The molecule has 0 saturated heterocycles. The Morgan fingerprint density at radius 3 is 2.42 bits per heavy atom. The predicted octanol–water partition coefficient (Wildman–Crippen LogP) is 3.08. The minimum Gasteiger partial charge on any atom is -0.324 e. The Labute approximate surface area is 115 Å². The summed E-state index contributed by atoms with van der Waals surface area (Å²) < 4.78 is 0. The molecule has 94 valence electrons. The summed E-state index contributed by atoms with van der Waals surface area (Å²) in [5, 5.41) is 2.73. The van der Waals surface area contributed by atoms with Gasteiger partial charge in [0.15, 0.2) is 5.78 Å². The lowest BCUT2D eigenvalue weighted by Crippen LogP contribution is -2.13. The van der Waals surface area contributed by atoms with Crippen molar-refractivity contribution >= 4 is 29.0 Å². The molecule has 0 radical (unpaired) electrons. The van der Waals surface area contributed by atoms with Crippen molar-refractivity contribution in [3.8, 4) is 11.1 Å². The van der Waals surface area contributed by atoms with Crippen LogP contribution in [0.3, 0.4) is 0 Å². The number of nitrogens with one attached hydrogen (secondary N) is 1. The van der Waals surface area contributed by atoms with E-state index in [4.69, 9.17) is 11.6 Å². The molecule has 1 aliphatic rings. The van der Waals surface area contributed by atoms with Gasteiger partial charge in [-0.25, -0.2) is 0 Å². The van der Waals surface area contributed by atoms with Gasteiger partial charge in [0.25, 0.3) is 0 Å². The highest BCUT2D eigenvalue weighted by Crippen LogP contribution is 2.41. The number of carbonyl (C=O) groups excluding carboxylic acids is 2. The van der Waals surface area contributed by atoms with Crippen molar-refractivity contribution in [2.24, 2.45) is 0 Å². The van der Waals surface area contributed by atoms with Crippen molar-refractivity contribution < 1.29 is 9.59 Å². The van der Waals surface area contributed by atoms with Crippen LogP contribution in [0.15, 0.2) is 42.5 Å². The second kappa shape index (κ2) is 4.52. The van der Waals surface area contributed by atoms with Crippen molar-refractivity contribution in [1.29, 1.82) is 0 Å². The zero-order chi connectivity index (χ0) is 13.4. The number of fused-ring (bicyclic) bond motifs is 3. The van der Waals surface area contributed by atoms with Gasteiger partial charge < -0.3 is 5.32 Å². The van der Waals surface area contributed by atoms with Gasteiger partial charge in [-0.3, -0.25) is 9.59 Å². The summed E-state index contributed by atoms with van der Waals surface area (Å²) in [6, 6.07) is 12.7. The highest BCUT2D eigenvalue weighted by atomic mass is 35.5. The Morgan fingerprint density at radius 1 is 1.00 bits per heavy atom. The van der Waals surface area contributed by atoms with E-state index < -0.39 is 0 Å². The summed E-state index contributed by atoms with van der Waals surface area (Å²) in [5.41, 5.74) is 3.55. The maximum Gasteiger partial charge on any atom is 0.239 e. The molecule has 0 aromatic heterocycles. The third kappa shape index (κ3) is 1.83. The minimum atomic E-state index is -0.285. The molecule has 1 aliphatic carbocycles. The first-order valence-electron chi connectivity index (χ1n) is 5.85. The van der Waals surface area contributed by atoms with Crippen LogP contribution >= 0.6 is 11.6 Å². The Kier molecular flexibility index (Phi) is 2.84. The first-order chi connectivity index (χ1) is 9.22. The number of halogens is 1. The molecule has 0 fully saturated rings. The summed E-state index contributed by atoms with van der Waals surface area (Å²) in [4.78, 5) is 23.7. The van der Waals surface area contributed by atoms with Crippen molar-refractivity contribution in [2.45, 2.75) is 0 Å². The van der Waals surface area contributed by atoms with Crippen LogP contribution in [0.1, 0.15) is 15.9 Å². The maximum atomic E-state index is 12.3. The van der Waals surface area contributed by atoms with E-state index in [9.17, 15) is 9.59 Å². The number of hydrogen-bond donors (Lipinski definition) is 1. The zero-order valence-corrected chi connectivity index (χ0v) is 10.7. The fraction of sp³-hybridized carbons (Fsp3) is 0.0667. The maximum absolute atomic E-state index is 12.3. The summed E-state index contributed by atoms with van der Waals surface area (Å²) in [5.74, 6) is -0.404. The molecule has 0 saturated carbocycles. The van der Waals surface area contributed by atoms with E-state index in [0.717, 1.165) is 11.1 Å². The second-order valence-corrected chi connectivity index (χ2v) is 4.55. The lowest BCUT2D eigenvalue weighted by molar-refractivity contribution is -0.113. The lowest BCUT2D eigenvalue weighted by Gasteiger charge is -2.09. The molecule has 0 unspecified atom stereocenters. The van der Waals surface area contributed by atoms with Crippen LogP contribution in [0.25, 0.3) is 11.1 Å². The Hall–Kier alpha value is -2.13. The van der Waals surface area contributed by atoms with Crippen molar-refractivity contribution in [3.05, 3.63) is 53.6 Å². The largest absolute Gasteiger partial charge is 0.324 e. The Morgan fingerprint density at radius 2 is 1.68 bits per heavy atom. The van der Waals surface area contributed by atoms with E-state index >= 15 is 0 Å². The Balaban J connectivity index is 2.19. The molecule has 0 atom stereocenters. The van der Waals surface area contributed by atoms with Gasteiger partial charge in [0.1, 0.15) is 5.88 Å². The van der Waals surface area contributed by atoms with Crippen molar-refractivity contribution in [3.63, 3.8) is 0 Å². The fourth-order valence-electron chi connectivity index (χ4n) is 2.36. The predicted molar refractivity (Wildman–Crippen MR) is 74.7 cm³/mol. The van der Waals surface area contributed by atoms with E-state index in [1.165, 1.54) is 0 Å². The number of benzene rings is 2. The Bertz CT molecular complexity index is 694. The smallest absolute Gasteiger partial charge is 0.239 e. The highest BCUT2D eigenvalue weighted by molar-refractivity contribution is 6.30. The first kappa shape index (κ1) is 11.9. The van der Waals surface area contributed by atoms with Crippen LogP contribution in [0.2, 0.25) is 0 Å². The van der Waals surface area contributed by atoms with E-state index in [0.29, 0.717) is 16.8 Å². The third-order valence-electron chi connectivity index (χ3n) is 3.15. The number of rotatable bonds is 2. The topological polar surface area (TPSA) is 46.2 Å². The van der Waals surface area contributed by atoms with Crippen molar-refractivity contribution in [1.82, 2.24) is 0 Å². The van der Waals surface area contributed by atoms with E-state index in [1.807, 2.05) is 18.2 Å². The van der Waals surface area contributed by atoms with Crippen LogP contribution in [-0.2, 0) is 4.79 Å². The molecule has 19 heavy (non-hydrogen) atoms. The highest BCUT2D eigenvalue weighted by Gasteiger charge is 2.28. The molecule has 0 aliphatic heterocycles. The minimum absolute atomic E-state index is 0.00688. The number of hydrogen-bond acceptors (Lipinski definition) is 2. The van der Waals surface area contributed by atoms with Crippen molar-refractivity contribution in [2.75, 3.05) is 11.2 Å². The molecule has 0 spiro atoms. The van der Waals surface area contributed by atoms with Crippen LogP contribution in [-0.4, -0.2) is 17.6 Å². The molecule has 0 heterocycles. The molecule has 2 aromatic carbocycles. The molecule has 3 nitrogen and oxygen atoms in total. The average Bonchev–Trinajstić information content (AvgIpc) is 2.74. The number of anilines is 1. The molecule has 1 N–H and O–H groups in total. The molecule has 1 amide bonds. The summed E-state index contributed by atoms with van der Waals surface area (Å²) in [6.07, 6.45) is 0. The van der Waals surface area contributed by atoms with Gasteiger partial charge in [0.05, 0.1) is 0 Å². The van der Waals surface area contributed by atoms with Crippen LogP contribution in [0.5, 0.6) is 0 Å². The van der Waals surface area contributed by atoms with E-state index in [2.05, 4.69) is 5.32 Å². The number of carbonyl (C=O) groups is 2. The van der Waals surface area contributed by atoms with Gasteiger partial charge >= 0.3 is 0 Å². The van der Waals surface area contributed by atoms with Gasteiger partial charge in [0.2, 0.25) is 5.91 Å². The zero-order valence-electron chi connectivity index (χ0n) is 9.94. The first-order valence-corrected chi connectivity index (χ1v) is 6.38. The van der Waals surface area contributed by atoms with Crippen LogP contribution in [0.4, 0.5) is 5.69 Å². The van der Waals surface area contributed by atoms with Gasteiger partial charge in [-0.2, -0.15) is 0 Å². The molecular formula is C15H10ClNO2. The van der Waals surface area contributed by atoms with E-state index in [-0.39, 0.29) is 17.6 Å². The monoisotopic (exact) mass is 271 g/mol. The number of amides is 1. The quantitative estimate of drug-likeness (QED) is 0.728. The van der Waals surface area contributed by atoms with Crippen LogP contribution < -0.4 is 5.32 Å². The standard InChI is InChI=1S/C15H10ClNO2/c16-8-13(18)17-12-7-3-6-11-14(12)9-4-1-2-5-10(9)15(11)19/h1-7H,8H2,(H,17,18). The van der Waals surface area contributed by atoms with Gasteiger partial charge in [-0.1, -0.05) is 36.4 Å².